The number of pyridine rings is 1. The normalized spacial score (nSPS) is 12.3. The number of aromatic amines is 1. The van der Waals surface area contributed by atoms with E-state index in [0.717, 1.165) is 17.1 Å². The number of benzene rings is 1. The van der Waals surface area contributed by atoms with E-state index in [4.69, 9.17) is 4.74 Å². The van der Waals surface area contributed by atoms with Crippen LogP contribution in [0.25, 0.3) is 16.7 Å². The molecule has 9 nitrogen and oxygen atoms in total. The van der Waals surface area contributed by atoms with Crippen LogP contribution in [0.15, 0.2) is 47.8 Å². The Morgan fingerprint density at radius 2 is 1.94 bits per heavy atom. The molecule has 4 aromatic rings. The lowest BCUT2D eigenvalue weighted by Gasteiger charge is -2.13. The van der Waals surface area contributed by atoms with E-state index in [-0.39, 0.29) is 16.4 Å². The second-order valence-corrected chi connectivity index (χ2v) is 8.20. The molecule has 0 unspecified atom stereocenters. The summed E-state index contributed by atoms with van der Waals surface area (Å²) in [4.78, 5) is 3.73. The minimum absolute atomic E-state index is 0.0276. The largest absolute Gasteiger partial charge is 0.495 e. The lowest BCUT2D eigenvalue weighted by molar-refractivity contribution is -0.137. The highest BCUT2D eigenvalue weighted by atomic mass is 32.2. The number of nitrogens with zero attached hydrogens (tertiary/aromatic N) is 4. The van der Waals surface area contributed by atoms with Crippen molar-refractivity contribution in [1.29, 1.82) is 0 Å². The first-order chi connectivity index (χ1) is 14.6. The number of aryl methyl sites for hydroxylation is 1. The predicted octanol–water partition coefficient (Wildman–Crippen LogP) is 3.28. The van der Waals surface area contributed by atoms with Crippen LogP contribution >= 0.6 is 0 Å². The zero-order valence-corrected chi connectivity index (χ0v) is 16.9. The predicted molar refractivity (Wildman–Crippen MR) is 105 cm³/mol. The van der Waals surface area contributed by atoms with Crippen LogP contribution < -0.4 is 9.46 Å². The van der Waals surface area contributed by atoms with Gasteiger partial charge in [0.1, 0.15) is 16.3 Å². The van der Waals surface area contributed by atoms with E-state index in [2.05, 4.69) is 25.0 Å². The van der Waals surface area contributed by atoms with E-state index in [0.29, 0.717) is 28.5 Å². The van der Waals surface area contributed by atoms with Gasteiger partial charge in [0.25, 0.3) is 10.0 Å². The van der Waals surface area contributed by atoms with E-state index in [1.165, 1.54) is 19.2 Å². The van der Waals surface area contributed by atoms with E-state index in [1.807, 2.05) is 0 Å². The van der Waals surface area contributed by atoms with Crippen molar-refractivity contribution in [3.8, 4) is 11.6 Å². The maximum atomic E-state index is 12.9. The zero-order valence-electron chi connectivity index (χ0n) is 16.1. The van der Waals surface area contributed by atoms with Gasteiger partial charge in [0.2, 0.25) is 0 Å². The van der Waals surface area contributed by atoms with Crippen molar-refractivity contribution >= 4 is 26.6 Å². The molecule has 0 aliphatic rings. The molecule has 2 N–H and O–H groups in total. The van der Waals surface area contributed by atoms with Crippen molar-refractivity contribution < 1.29 is 26.3 Å². The average molecular weight is 452 g/mol. The number of fused-ring (bicyclic) bond motifs is 1. The monoisotopic (exact) mass is 452 g/mol. The van der Waals surface area contributed by atoms with Crippen molar-refractivity contribution in [2.24, 2.45) is 0 Å². The molecule has 162 valence electrons. The Balaban J connectivity index is 1.67. The van der Waals surface area contributed by atoms with Crippen LogP contribution in [-0.4, -0.2) is 40.5 Å². The highest BCUT2D eigenvalue weighted by Crippen LogP contribution is 2.35. The second-order valence-electron chi connectivity index (χ2n) is 6.51. The van der Waals surface area contributed by atoms with Crippen LogP contribution in [0.2, 0.25) is 0 Å². The lowest BCUT2D eigenvalue weighted by atomic mass is 10.1. The van der Waals surface area contributed by atoms with Crippen LogP contribution in [0.1, 0.15) is 11.3 Å². The minimum Gasteiger partial charge on any atom is -0.495 e. The van der Waals surface area contributed by atoms with Gasteiger partial charge in [-0.15, -0.1) is 0 Å². The summed E-state index contributed by atoms with van der Waals surface area (Å²) in [5.41, 5.74) is 0.448. The molecular weight excluding hydrogens is 437 g/mol. The number of alkyl halides is 3. The van der Waals surface area contributed by atoms with E-state index in [1.54, 1.807) is 19.1 Å². The van der Waals surface area contributed by atoms with Crippen LogP contribution in [0.5, 0.6) is 5.75 Å². The molecule has 0 amide bonds. The molecule has 0 aliphatic heterocycles. The first-order valence-corrected chi connectivity index (χ1v) is 10.2. The fraction of sp³-hybridized carbons (Fsp3) is 0.167. The summed E-state index contributed by atoms with van der Waals surface area (Å²) in [6.45, 7) is 1.74. The van der Waals surface area contributed by atoms with Crippen LogP contribution in [0, 0.1) is 6.92 Å². The molecule has 0 saturated heterocycles. The number of nitrogens with one attached hydrogen (secondary N) is 2. The van der Waals surface area contributed by atoms with Gasteiger partial charge in [-0.25, -0.2) is 18.1 Å². The third-order valence-corrected chi connectivity index (χ3v) is 5.83. The molecule has 0 fully saturated rings. The number of sulfonamides is 1. The maximum Gasteiger partial charge on any atom is 0.419 e. The van der Waals surface area contributed by atoms with Gasteiger partial charge < -0.3 is 4.74 Å². The zero-order chi connectivity index (χ0) is 22.4. The van der Waals surface area contributed by atoms with Gasteiger partial charge in [-0.05, 0) is 31.2 Å². The summed E-state index contributed by atoms with van der Waals surface area (Å²) in [6, 6.07) is 5.74. The van der Waals surface area contributed by atoms with Gasteiger partial charge in [-0.1, -0.05) is 0 Å². The van der Waals surface area contributed by atoms with Crippen LogP contribution in [0.4, 0.5) is 18.9 Å². The number of hydrogen-bond donors (Lipinski definition) is 2. The summed E-state index contributed by atoms with van der Waals surface area (Å²) in [7, 11) is -2.69. The van der Waals surface area contributed by atoms with Crippen molar-refractivity contribution in [2.75, 3.05) is 11.8 Å². The van der Waals surface area contributed by atoms with Crippen molar-refractivity contribution in [3.63, 3.8) is 0 Å². The Labute approximate surface area is 173 Å². The molecule has 13 heteroatoms. The Bertz CT molecular complexity index is 1360. The van der Waals surface area contributed by atoms with Gasteiger partial charge in [0.15, 0.2) is 5.82 Å². The molecule has 4 rings (SSSR count). The molecule has 3 heterocycles. The fourth-order valence-electron chi connectivity index (χ4n) is 2.97. The third kappa shape index (κ3) is 3.79. The number of anilines is 1. The van der Waals surface area contributed by atoms with Gasteiger partial charge in [0, 0.05) is 18.1 Å². The third-order valence-electron chi connectivity index (χ3n) is 4.50. The van der Waals surface area contributed by atoms with Crippen LogP contribution in [0.3, 0.4) is 0 Å². The first kappa shape index (κ1) is 20.7. The number of hydrogen-bond acceptors (Lipinski definition) is 6. The Hall–Kier alpha value is -3.61. The van der Waals surface area contributed by atoms with Crippen molar-refractivity contribution in [3.05, 3.63) is 54.1 Å². The number of aromatic nitrogens is 5. The quantitative estimate of drug-likeness (QED) is 0.480. The van der Waals surface area contributed by atoms with Gasteiger partial charge >= 0.3 is 6.18 Å². The van der Waals surface area contributed by atoms with Gasteiger partial charge in [-0.2, -0.15) is 23.4 Å². The molecule has 31 heavy (non-hydrogen) atoms. The SMILES string of the molecule is COc1ccc2n[nH]c(C)c2c1NS(=O)(=O)c1ccc(-n2cc(C(F)(F)F)cn2)nc1. The number of rotatable bonds is 5. The Morgan fingerprint density at radius 1 is 1.16 bits per heavy atom. The highest BCUT2D eigenvalue weighted by Gasteiger charge is 2.32. The highest BCUT2D eigenvalue weighted by molar-refractivity contribution is 7.92. The van der Waals surface area contributed by atoms with Crippen molar-refractivity contribution in [2.45, 2.75) is 18.0 Å². The Morgan fingerprint density at radius 3 is 2.55 bits per heavy atom. The molecular formula is C18H15F3N6O3S. The van der Waals surface area contributed by atoms with Crippen molar-refractivity contribution in [1.82, 2.24) is 25.0 Å². The minimum atomic E-state index is -4.54. The molecule has 0 radical (unpaired) electrons. The molecule has 0 bridgehead atoms. The topological polar surface area (TPSA) is 115 Å². The summed E-state index contributed by atoms with van der Waals surface area (Å²) in [6.07, 6.45) is -2.09. The Kier molecular flexibility index (Phi) is 4.84. The summed E-state index contributed by atoms with van der Waals surface area (Å²) >= 11 is 0. The summed E-state index contributed by atoms with van der Waals surface area (Å²) in [5.74, 6) is 0.321. The molecule has 3 aromatic heterocycles. The molecule has 0 aliphatic carbocycles. The molecule has 0 spiro atoms. The smallest absolute Gasteiger partial charge is 0.419 e. The lowest BCUT2D eigenvalue weighted by Crippen LogP contribution is -2.14. The number of methoxy groups -OCH3 is 1. The number of H-pyrrole nitrogens is 1. The van der Waals surface area contributed by atoms with E-state index >= 15 is 0 Å². The first-order valence-electron chi connectivity index (χ1n) is 8.73. The summed E-state index contributed by atoms with van der Waals surface area (Å²) in [5, 5.41) is 11.1. The van der Waals surface area contributed by atoms with Gasteiger partial charge in [-0.3, -0.25) is 9.82 Å². The van der Waals surface area contributed by atoms with E-state index < -0.39 is 21.8 Å². The van der Waals surface area contributed by atoms with Crippen LogP contribution in [-0.2, 0) is 16.2 Å². The molecule has 0 atom stereocenters. The average Bonchev–Trinajstić information content (AvgIpc) is 3.36. The number of ether oxygens (including phenoxy) is 1. The van der Waals surface area contributed by atoms with E-state index in [9.17, 15) is 21.6 Å². The molecule has 1 aromatic carbocycles. The second kappa shape index (κ2) is 7.27. The maximum absolute atomic E-state index is 12.9. The molecule has 0 saturated carbocycles. The number of halogens is 3. The standard InChI is InChI=1S/C18H15F3N6O3S/c1-10-16-13(25-24-10)4-5-14(30-2)17(16)26-31(28,29)12-3-6-15(22-8-12)27-9-11(7-23-27)18(19,20)21/h3-9,26H,1-2H3,(H,24,25). The fourth-order valence-corrected chi connectivity index (χ4v) is 4.00. The summed E-state index contributed by atoms with van der Waals surface area (Å²) < 4.78 is 72.7. The van der Waals surface area contributed by atoms with Gasteiger partial charge in [0.05, 0.1) is 29.8 Å².